The van der Waals surface area contributed by atoms with Gasteiger partial charge in [-0.2, -0.15) is 0 Å². The van der Waals surface area contributed by atoms with Gasteiger partial charge < -0.3 is 9.84 Å². The molecule has 0 fully saturated rings. The van der Waals surface area contributed by atoms with Crippen molar-refractivity contribution < 1.29 is 9.84 Å². The highest BCUT2D eigenvalue weighted by atomic mass is 16.5. The van der Waals surface area contributed by atoms with Gasteiger partial charge in [0, 0.05) is 0 Å². The molecule has 0 saturated carbocycles. The van der Waals surface area contributed by atoms with Gasteiger partial charge in [0.05, 0.1) is 7.11 Å². The highest BCUT2D eigenvalue weighted by Crippen LogP contribution is 2.41. The molecule has 0 aliphatic heterocycles. The van der Waals surface area contributed by atoms with E-state index in [1.165, 1.54) is 5.56 Å². The summed E-state index contributed by atoms with van der Waals surface area (Å²) in [5, 5.41) is 11.0. The Labute approximate surface area is 114 Å². The summed E-state index contributed by atoms with van der Waals surface area (Å²) >= 11 is 0. The third-order valence-electron chi connectivity index (χ3n) is 3.90. The number of aliphatic hydroxyl groups is 1. The van der Waals surface area contributed by atoms with Crippen LogP contribution in [0.1, 0.15) is 23.1 Å². The molecule has 2 nitrogen and oxygen atoms in total. The van der Waals surface area contributed by atoms with Crippen LogP contribution in [0, 0.1) is 0 Å². The number of benzene rings is 2. The van der Waals surface area contributed by atoms with Crippen LogP contribution in [-0.2, 0) is 12.0 Å². The first-order valence-corrected chi connectivity index (χ1v) is 6.39. The largest absolute Gasteiger partial charge is 0.497 e. The standard InChI is InChI=1S/C16H15BO2/c1-19-14-6-3-12(4-7-14)16(18)9-8-11-2-5-13(17)10-15(11)16/h2-7,10,18H,8-9H2,1H3. The van der Waals surface area contributed by atoms with E-state index in [9.17, 15) is 5.11 Å². The number of ether oxygens (including phenoxy) is 1. The van der Waals surface area contributed by atoms with Crippen LogP contribution < -0.4 is 10.2 Å². The summed E-state index contributed by atoms with van der Waals surface area (Å²) in [6, 6.07) is 13.3. The molecule has 1 aliphatic carbocycles. The maximum Gasteiger partial charge on any atom is 0.118 e. The second kappa shape index (κ2) is 4.43. The van der Waals surface area contributed by atoms with Gasteiger partial charge in [-0.05, 0) is 41.7 Å². The first kappa shape index (κ1) is 12.3. The van der Waals surface area contributed by atoms with Gasteiger partial charge in [0.25, 0.3) is 0 Å². The summed E-state index contributed by atoms with van der Waals surface area (Å²) in [6.07, 6.45) is 1.57. The van der Waals surface area contributed by atoms with Gasteiger partial charge in [-0.25, -0.2) is 0 Å². The molecule has 94 valence electrons. The Hall–Kier alpha value is -1.74. The van der Waals surface area contributed by atoms with Gasteiger partial charge in [-0.1, -0.05) is 35.8 Å². The van der Waals surface area contributed by atoms with Crippen molar-refractivity contribution in [3.63, 3.8) is 0 Å². The van der Waals surface area contributed by atoms with Gasteiger partial charge in [0.2, 0.25) is 0 Å². The Morgan fingerprint density at radius 3 is 2.58 bits per heavy atom. The number of fused-ring (bicyclic) bond motifs is 1. The molecule has 1 atom stereocenters. The molecule has 2 aromatic carbocycles. The monoisotopic (exact) mass is 250 g/mol. The van der Waals surface area contributed by atoms with Crippen molar-refractivity contribution in [3.8, 4) is 5.75 Å². The summed E-state index contributed by atoms with van der Waals surface area (Å²) in [4.78, 5) is 0. The van der Waals surface area contributed by atoms with Crippen molar-refractivity contribution >= 4 is 13.3 Å². The molecule has 2 radical (unpaired) electrons. The lowest BCUT2D eigenvalue weighted by molar-refractivity contribution is 0.0829. The molecular formula is C16H15BO2. The summed E-state index contributed by atoms with van der Waals surface area (Å²) < 4.78 is 5.15. The van der Waals surface area contributed by atoms with E-state index in [1.807, 2.05) is 42.5 Å². The molecule has 0 bridgehead atoms. The zero-order valence-corrected chi connectivity index (χ0v) is 10.9. The van der Waals surface area contributed by atoms with E-state index in [1.54, 1.807) is 7.11 Å². The van der Waals surface area contributed by atoms with Crippen LogP contribution in [0.5, 0.6) is 5.75 Å². The average Bonchev–Trinajstić information content (AvgIpc) is 2.77. The molecule has 3 rings (SSSR count). The summed E-state index contributed by atoms with van der Waals surface area (Å²) in [5.74, 6) is 0.790. The van der Waals surface area contributed by atoms with E-state index in [-0.39, 0.29) is 0 Å². The Balaban J connectivity index is 2.07. The van der Waals surface area contributed by atoms with Crippen molar-refractivity contribution in [1.29, 1.82) is 0 Å². The van der Waals surface area contributed by atoms with E-state index in [0.717, 1.165) is 23.3 Å². The van der Waals surface area contributed by atoms with Crippen molar-refractivity contribution in [2.75, 3.05) is 7.11 Å². The highest BCUT2D eigenvalue weighted by molar-refractivity contribution is 6.32. The van der Waals surface area contributed by atoms with E-state index >= 15 is 0 Å². The van der Waals surface area contributed by atoms with Crippen molar-refractivity contribution in [3.05, 3.63) is 59.2 Å². The zero-order valence-electron chi connectivity index (χ0n) is 10.9. The Morgan fingerprint density at radius 2 is 1.89 bits per heavy atom. The number of hydrogen-bond donors (Lipinski definition) is 1. The molecule has 0 spiro atoms. The van der Waals surface area contributed by atoms with Crippen LogP contribution in [0.4, 0.5) is 0 Å². The number of rotatable bonds is 2. The predicted molar refractivity (Wildman–Crippen MR) is 76.1 cm³/mol. The normalized spacial score (nSPS) is 21.2. The Morgan fingerprint density at radius 1 is 1.16 bits per heavy atom. The maximum atomic E-state index is 11.0. The minimum Gasteiger partial charge on any atom is -0.497 e. The van der Waals surface area contributed by atoms with Gasteiger partial charge in [-0.3, -0.25) is 0 Å². The number of hydrogen-bond acceptors (Lipinski definition) is 2. The van der Waals surface area contributed by atoms with Crippen LogP contribution >= 0.6 is 0 Å². The fourth-order valence-corrected chi connectivity index (χ4v) is 2.81. The first-order valence-electron chi connectivity index (χ1n) is 6.39. The van der Waals surface area contributed by atoms with Gasteiger partial charge in [-0.15, -0.1) is 0 Å². The lowest BCUT2D eigenvalue weighted by atomic mass is 9.84. The molecular weight excluding hydrogens is 235 g/mol. The number of methoxy groups -OCH3 is 1. The second-order valence-electron chi connectivity index (χ2n) is 5.01. The second-order valence-corrected chi connectivity index (χ2v) is 5.01. The van der Waals surface area contributed by atoms with Gasteiger partial charge in [0.15, 0.2) is 0 Å². The quantitative estimate of drug-likeness (QED) is 0.821. The smallest absolute Gasteiger partial charge is 0.118 e. The molecule has 0 amide bonds. The van der Waals surface area contributed by atoms with Gasteiger partial charge >= 0.3 is 0 Å². The van der Waals surface area contributed by atoms with Crippen molar-refractivity contribution in [2.45, 2.75) is 18.4 Å². The molecule has 0 aromatic heterocycles. The van der Waals surface area contributed by atoms with Crippen LogP contribution in [-0.4, -0.2) is 20.1 Å². The molecule has 0 heterocycles. The van der Waals surface area contributed by atoms with Crippen molar-refractivity contribution in [1.82, 2.24) is 0 Å². The summed E-state index contributed by atoms with van der Waals surface area (Å²) in [7, 11) is 7.48. The lowest BCUT2D eigenvalue weighted by Gasteiger charge is -2.25. The topological polar surface area (TPSA) is 29.5 Å². The minimum atomic E-state index is -0.934. The van der Waals surface area contributed by atoms with E-state index in [4.69, 9.17) is 12.6 Å². The molecule has 1 aliphatic rings. The third kappa shape index (κ3) is 1.94. The molecule has 3 heteroatoms. The number of aryl methyl sites for hydroxylation is 1. The van der Waals surface area contributed by atoms with Crippen LogP contribution in [0.25, 0.3) is 0 Å². The average molecular weight is 250 g/mol. The first-order chi connectivity index (χ1) is 9.13. The van der Waals surface area contributed by atoms with E-state index in [0.29, 0.717) is 11.9 Å². The summed E-state index contributed by atoms with van der Waals surface area (Å²) in [6.45, 7) is 0. The fourth-order valence-electron chi connectivity index (χ4n) is 2.81. The molecule has 2 aromatic rings. The van der Waals surface area contributed by atoms with Gasteiger partial charge in [0.1, 0.15) is 19.2 Å². The Kier molecular flexibility index (Phi) is 2.87. The summed E-state index contributed by atoms with van der Waals surface area (Å²) in [5.41, 5.74) is 2.74. The fraction of sp³-hybridized carbons (Fsp3) is 0.250. The maximum absolute atomic E-state index is 11.0. The Bertz CT molecular complexity index is 607. The third-order valence-corrected chi connectivity index (χ3v) is 3.90. The molecule has 1 unspecified atom stereocenters. The molecule has 1 N–H and O–H groups in total. The highest BCUT2D eigenvalue weighted by Gasteiger charge is 2.38. The molecule has 0 saturated heterocycles. The predicted octanol–water partition coefficient (Wildman–Crippen LogP) is 1.67. The van der Waals surface area contributed by atoms with Crippen molar-refractivity contribution in [2.24, 2.45) is 0 Å². The van der Waals surface area contributed by atoms with Crippen LogP contribution in [0.3, 0.4) is 0 Å². The minimum absolute atomic E-state index is 0.688. The SMILES string of the molecule is [B]c1ccc2c(c1)C(O)(c1ccc(OC)cc1)CC2. The lowest BCUT2D eigenvalue weighted by Crippen LogP contribution is -2.25. The molecule has 19 heavy (non-hydrogen) atoms. The zero-order chi connectivity index (χ0) is 13.5. The van der Waals surface area contributed by atoms with Crippen LogP contribution in [0.2, 0.25) is 0 Å². The van der Waals surface area contributed by atoms with Crippen LogP contribution in [0.15, 0.2) is 42.5 Å². The van der Waals surface area contributed by atoms with E-state index in [2.05, 4.69) is 0 Å². The van der Waals surface area contributed by atoms with E-state index < -0.39 is 5.60 Å².